The summed E-state index contributed by atoms with van der Waals surface area (Å²) in [5.41, 5.74) is 0.196. The van der Waals surface area contributed by atoms with Gasteiger partial charge in [-0.15, -0.1) is 0 Å². The largest absolute Gasteiger partial charge is 0.480 e. The van der Waals surface area contributed by atoms with Gasteiger partial charge in [-0.2, -0.15) is 15.1 Å². The van der Waals surface area contributed by atoms with Crippen LogP contribution in [0.3, 0.4) is 0 Å². The second-order valence-corrected chi connectivity index (χ2v) is 5.01. The highest BCUT2D eigenvalue weighted by atomic mass is 32.2. The monoisotopic (exact) mass is 258 g/mol. The smallest absolute Gasteiger partial charge is 0.326 e. The lowest BCUT2D eigenvalue weighted by atomic mass is 10.2. The van der Waals surface area contributed by atoms with Crippen molar-refractivity contribution in [3.63, 3.8) is 0 Å². The molecule has 0 saturated carbocycles. The zero-order valence-electron chi connectivity index (χ0n) is 8.86. The standard InChI is InChI=1S/C8H10N4O4S/c1-12-5-6(4-10-12)7(8(13)14)11-17(15,16)3-2-9/h4-5,7,11H,3H2,1H3,(H,13,14). The Bertz CT molecular complexity index is 556. The van der Waals surface area contributed by atoms with Crippen LogP contribution in [0.15, 0.2) is 12.4 Å². The fourth-order valence-electron chi connectivity index (χ4n) is 1.16. The van der Waals surface area contributed by atoms with Crippen LogP contribution >= 0.6 is 0 Å². The van der Waals surface area contributed by atoms with Crippen LogP contribution in [-0.4, -0.2) is 35.0 Å². The Kier molecular flexibility index (Phi) is 3.82. The van der Waals surface area contributed by atoms with E-state index in [1.54, 1.807) is 7.05 Å². The Labute approximate surface area is 97.5 Å². The van der Waals surface area contributed by atoms with Gasteiger partial charge in [-0.3, -0.25) is 9.48 Å². The van der Waals surface area contributed by atoms with Crippen molar-refractivity contribution in [1.29, 1.82) is 5.26 Å². The second kappa shape index (κ2) is 4.94. The number of aliphatic carboxylic acids is 1. The molecule has 0 aliphatic carbocycles. The van der Waals surface area contributed by atoms with Gasteiger partial charge >= 0.3 is 5.97 Å². The molecule has 0 spiro atoms. The number of aryl methyl sites for hydroxylation is 1. The van der Waals surface area contributed by atoms with Gasteiger partial charge in [0, 0.05) is 18.8 Å². The Morgan fingerprint density at radius 1 is 1.76 bits per heavy atom. The van der Waals surface area contributed by atoms with Gasteiger partial charge in [0.1, 0.15) is 6.04 Å². The van der Waals surface area contributed by atoms with E-state index in [2.05, 4.69) is 5.10 Å². The first kappa shape index (κ1) is 13.1. The zero-order valence-corrected chi connectivity index (χ0v) is 9.68. The van der Waals surface area contributed by atoms with Gasteiger partial charge in [0.05, 0.1) is 12.3 Å². The van der Waals surface area contributed by atoms with Crippen molar-refractivity contribution in [1.82, 2.24) is 14.5 Å². The van der Waals surface area contributed by atoms with Crippen LogP contribution in [0.2, 0.25) is 0 Å². The third kappa shape index (κ3) is 3.54. The summed E-state index contributed by atoms with van der Waals surface area (Å²) in [5.74, 6) is -2.16. The zero-order chi connectivity index (χ0) is 13.1. The SMILES string of the molecule is Cn1cc(C(NS(=O)(=O)CC#N)C(=O)O)cn1. The molecule has 17 heavy (non-hydrogen) atoms. The van der Waals surface area contributed by atoms with Gasteiger partial charge in [0.2, 0.25) is 10.0 Å². The normalized spacial score (nSPS) is 12.9. The molecule has 0 fully saturated rings. The molecule has 0 radical (unpaired) electrons. The molecule has 1 aromatic rings. The number of carboxylic acids is 1. The first-order chi connectivity index (χ1) is 7.85. The number of hydrogen-bond donors (Lipinski definition) is 2. The number of hydrogen-bond acceptors (Lipinski definition) is 5. The van der Waals surface area contributed by atoms with E-state index in [4.69, 9.17) is 10.4 Å². The predicted molar refractivity (Wildman–Crippen MR) is 56.1 cm³/mol. The van der Waals surface area contributed by atoms with Crippen molar-refractivity contribution in [3.8, 4) is 6.07 Å². The minimum atomic E-state index is -3.94. The molecule has 1 aromatic heterocycles. The van der Waals surface area contributed by atoms with Crippen molar-refractivity contribution in [3.05, 3.63) is 18.0 Å². The summed E-state index contributed by atoms with van der Waals surface area (Å²) in [6.07, 6.45) is 2.63. The van der Waals surface area contributed by atoms with Crippen LogP contribution < -0.4 is 4.72 Å². The highest BCUT2D eigenvalue weighted by molar-refractivity contribution is 7.89. The minimum absolute atomic E-state index is 0.196. The number of nitrogens with one attached hydrogen (secondary N) is 1. The van der Waals surface area contributed by atoms with Crippen molar-refractivity contribution >= 4 is 16.0 Å². The summed E-state index contributed by atoms with van der Waals surface area (Å²) in [5, 5.41) is 21.0. The molecular weight excluding hydrogens is 248 g/mol. The van der Waals surface area contributed by atoms with E-state index >= 15 is 0 Å². The van der Waals surface area contributed by atoms with Gasteiger partial charge in [-0.1, -0.05) is 0 Å². The minimum Gasteiger partial charge on any atom is -0.480 e. The van der Waals surface area contributed by atoms with Crippen LogP contribution in [0.4, 0.5) is 0 Å². The maximum atomic E-state index is 11.3. The van der Waals surface area contributed by atoms with Crippen LogP contribution in [0.1, 0.15) is 11.6 Å². The third-order valence-corrected chi connectivity index (χ3v) is 2.96. The average molecular weight is 258 g/mol. The van der Waals surface area contributed by atoms with Crippen LogP contribution in [0.5, 0.6) is 0 Å². The van der Waals surface area contributed by atoms with Gasteiger partial charge < -0.3 is 5.11 Å². The molecule has 0 aromatic carbocycles. The van der Waals surface area contributed by atoms with E-state index < -0.39 is 27.8 Å². The molecule has 1 unspecified atom stereocenters. The Morgan fingerprint density at radius 3 is 2.82 bits per heavy atom. The molecule has 92 valence electrons. The van der Waals surface area contributed by atoms with Crippen LogP contribution in [-0.2, 0) is 21.9 Å². The fourth-order valence-corrected chi connectivity index (χ4v) is 2.01. The van der Waals surface area contributed by atoms with E-state index in [0.717, 1.165) is 0 Å². The number of aromatic nitrogens is 2. The van der Waals surface area contributed by atoms with E-state index in [1.165, 1.54) is 23.1 Å². The summed E-state index contributed by atoms with van der Waals surface area (Å²) in [6, 6.07) is 0.00216. The Hall–Kier alpha value is -1.92. The number of rotatable bonds is 5. The van der Waals surface area contributed by atoms with Crippen LogP contribution in [0, 0.1) is 11.3 Å². The fraction of sp³-hybridized carbons (Fsp3) is 0.375. The second-order valence-electron chi connectivity index (χ2n) is 3.25. The molecule has 2 N–H and O–H groups in total. The van der Waals surface area contributed by atoms with Crippen molar-refractivity contribution in [2.75, 3.05) is 5.75 Å². The van der Waals surface area contributed by atoms with Crippen LogP contribution in [0.25, 0.3) is 0 Å². The lowest BCUT2D eigenvalue weighted by Gasteiger charge is -2.11. The number of nitrogens with zero attached hydrogens (tertiary/aromatic N) is 3. The first-order valence-electron chi connectivity index (χ1n) is 4.44. The van der Waals surface area contributed by atoms with E-state index in [9.17, 15) is 13.2 Å². The lowest BCUT2D eigenvalue weighted by molar-refractivity contribution is -0.139. The third-order valence-electron chi connectivity index (χ3n) is 1.86. The highest BCUT2D eigenvalue weighted by Crippen LogP contribution is 2.13. The lowest BCUT2D eigenvalue weighted by Crippen LogP contribution is -2.34. The molecule has 8 nitrogen and oxygen atoms in total. The molecule has 9 heteroatoms. The van der Waals surface area contributed by atoms with Crippen molar-refractivity contribution in [2.45, 2.75) is 6.04 Å². The highest BCUT2D eigenvalue weighted by Gasteiger charge is 2.26. The number of nitriles is 1. The maximum absolute atomic E-state index is 11.3. The quantitative estimate of drug-likeness (QED) is 0.697. The maximum Gasteiger partial charge on any atom is 0.326 e. The molecule has 0 bridgehead atoms. The van der Waals surface area contributed by atoms with Gasteiger partial charge in [-0.25, -0.2) is 8.42 Å². The summed E-state index contributed by atoms with van der Waals surface area (Å²) in [7, 11) is -2.37. The van der Waals surface area contributed by atoms with Crippen molar-refractivity contribution in [2.24, 2.45) is 7.05 Å². The topological polar surface area (TPSA) is 125 Å². The summed E-state index contributed by atoms with van der Waals surface area (Å²) >= 11 is 0. The van der Waals surface area contributed by atoms with E-state index in [1.807, 2.05) is 4.72 Å². The molecular formula is C8H10N4O4S. The molecule has 0 amide bonds. The number of carboxylic acid groups (broad SMARTS) is 1. The summed E-state index contributed by atoms with van der Waals surface area (Å²) < 4.78 is 25.9. The summed E-state index contributed by atoms with van der Waals surface area (Å²) in [4.78, 5) is 10.9. The Balaban J connectivity index is 2.97. The number of sulfonamides is 1. The molecule has 1 atom stereocenters. The van der Waals surface area contributed by atoms with Gasteiger partial charge in [0.25, 0.3) is 0 Å². The van der Waals surface area contributed by atoms with Crippen molar-refractivity contribution < 1.29 is 18.3 Å². The summed E-state index contributed by atoms with van der Waals surface area (Å²) in [6.45, 7) is 0. The average Bonchev–Trinajstić information content (AvgIpc) is 2.60. The predicted octanol–water partition coefficient (Wildman–Crippen LogP) is -1.01. The first-order valence-corrected chi connectivity index (χ1v) is 6.09. The molecule has 1 heterocycles. The molecule has 0 aliphatic heterocycles. The molecule has 0 aliphatic rings. The van der Waals surface area contributed by atoms with Gasteiger partial charge in [-0.05, 0) is 0 Å². The van der Waals surface area contributed by atoms with Gasteiger partial charge in [0.15, 0.2) is 5.75 Å². The Morgan fingerprint density at radius 2 is 2.41 bits per heavy atom. The van der Waals surface area contributed by atoms with E-state index in [0.29, 0.717) is 0 Å². The molecule has 1 rings (SSSR count). The number of carbonyl (C=O) groups is 1. The van der Waals surface area contributed by atoms with E-state index in [-0.39, 0.29) is 5.56 Å². The molecule has 0 saturated heterocycles.